The molecule has 0 saturated carbocycles. The second-order valence-electron chi connectivity index (χ2n) is 6.46. The number of aromatic nitrogens is 2. The van der Waals surface area contributed by atoms with Gasteiger partial charge >= 0.3 is 0 Å². The molecule has 7 heteroatoms. The Balaban J connectivity index is 1.71. The van der Waals surface area contributed by atoms with Gasteiger partial charge in [-0.25, -0.2) is 15.0 Å². The summed E-state index contributed by atoms with van der Waals surface area (Å²) in [6.07, 6.45) is 1.00. The van der Waals surface area contributed by atoms with Crippen LogP contribution in [0.15, 0.2) is 17.1 Å². The third-order valence-electron chi connectivity index (χ3n) is 4.28. The number of nitrogens with zero attached hydrogens (tertiary/aromatic N) is 4. The molecule has 2 heterocycles. The van der Waals surface area contributed by atoms with Crippen molar-refractivity contribution in [3.05, 3.63) is 29.0 Å². The van der Waals surface area contributed by atoms with Crippen LogP contribution in [0.25, 0.3) is 10.9 Å². The SMILES string of the molecule is COCCCN1CN=C(Nc2nc(C)c3cc(C)cc(C)c3n2)NC1. The molecular weight excluding hydrogens is 316 g/mol. The fourth-order valence-corrected chi connectivity index (χ4v) is 3.03. The summed E-state index contributed by atoms with van der Waals surface area (Å²) in [5, 5.41) is 7.59. The second kappa shape index (κ2) is 7.76. The number of aliphatic imine (C=N–C) groups is 1. The first kappa shape index (κ1) is 17.6. The first-order valence-corrected chi connectivity index (χ1v) is 8.59. The van der Waals surface area contributed by atoms with Gasteiger partial charge in [0.05, 0.1) is 24.5 Å². The monoisotopic (exact) mass is 342 g/mol. The van der Waals surface area contributed by atoms with Gasteiger partial charge in [0, 0.05) is 25.6 Å². The van der Waals surface area contributed by atoms with E-state index in [0.717, 1.165) is 48.4 Å². The van der Waals surface area contributed by atoms with E-state index in [9.17, 15) is 0 Å². The van der Waals surface area contributed by atoms with E-state index in [4.69, 9.17) is 4.74 Å². The first-order valence-electron chi connectivity index (χ1n) is 8.59. The number of fused-ring (bicyclic) bond motifs is 1. The lowest BCUT2D eigenvalue weighted by Gasteiger charge is -2.26. The van der Waals surface area contributed by atoms with Crippen LogP contribution in [0.4, 0.5) is 5.95 Å². The predicted octanol–water partition coefficient (Wildman–Crippen LogP) is 2.18. The highest BCUT2D eigenvalue weighted by molar-refractivity contribution is 5.94. The largest absolute Gasteiger partial charge is 0.385 e. The minimum Gasteiger partial charge on any atom is -0.385 e. The lowest BCUT2D eigenvalue weighted by atomic mass is 10.1. The Morgan fingerprint density at radius 3 is 2.80 bits per heavy atom. The molecule has 0 radical (unpaired) electrons. The average molecular weight is 342 g/mol. The molecule has 0 aliphatic carbocycles. The van der Waals surface area contributed by atoms with Crippen LogP contribution in [0.3, 0.4) is 0 Å². The van der Waals surface area contributed by atoms with Crippen molar-refractivity contribution >= 4 is 22.8 Å². The van der Waals surface area contributed by atoms with Crippen molar-refractivity contribution in [3.8, 4) is 0 Å². The van der Waals surface area contributed by atoms with Crippen molar-refractivity contribution < 1.29 is 4.74 Å². The molecule has 1 aromatic carbocycles. The third kappa shape index (κ3) is 4.24. The fraction of sp³-hybridized carbons (Fsp3) is 0.500. The summed E-state index contributed by atoms with van der Waals surface area (Å²) >= 11 is 0. The van der Waals surface area contributed by atoms with Crippen LogP contribution in [-0.4, -0.2) is 54.4 Å². The Hall–Kier alpha value is -2.25. The quantitative estimate of drug-likeness (QED) is 0.811. The molecule has 7 nitrogen and oxygen atoms in total. The normalized spacial score (nSPS) is 15.1. The van der Waals surface area contributed by atoms with E-state index in [1.807, 2.05) is 6.92 Å². The maximum Gasteiger partial charge on any atom is 0.230 e. The zero-order chi connectivity index (χ0) is 17.8. The summed E-state index contributed by atoms with van der Waals surface area (Å²) in [7, 11) is 1.73. The lowest BCUT2D eigenvalue weighted by Crippen LogP contribution is -2.46. The summed E-state index contributed by atoms with van der Waals surface area (Å²) in [4.78, 5) is 16.0. The smallest absolute Gasteiger partial charge is 0.230 e. The molecule has 0 bridgehead atoms. The van der Waals surface area contributed by atoms with Gasteiger partial charge < -0.3 is 10.1 Å². The van der Waals surface area contributed by atoms with Crippen molar-refractivity contribution in [2.24, 2.45) is 4.99 Å². The first-order chi connectivity index (χ1) is 12.1. The van der Waals surface area contributed by atoms with Gasteiger partial charge in [-0.1, -0.05) is 11.6 Å². The summed E-state index contributed by atoms with van der Waals surface area (Å²) in [6, 6.07) is 4.28. The molecule has 2 aromatic rings. The molecule has 2 N–H and O–H groups in total. The number of nitrogens with one attached hydrogen (secondary N) is 2. The number of methoxy groups -OCH3 is 1. The van der Waals surface area contributed by atoms with Crippen LogP contribution in [0.2, 0.25) is 0 Å². The van der Waals surface area contributed by atoms with E-state index < -0.39 is 0 Å². The molecule has 1 aromatic heterocycles. The van der Waals surface area contributed by atoms with Gasteiger partial charge in [-0.3, -0.25) is 10.2 Å². The van der Waals surface area contributed by atoms with Crippen LogP contribution < -0.4 is 10.6 Å². The molecule has 0 unspecified atom stereocenters. The summed E-state index contributed by atoms with van der Waals surface area (Å²) in [5.41, 5.74) is 4.34. The second-order valence-corrected chi connectivity index (χ2v) is 6.46. The maximum atomic E-state index is 5.08. The number of rotatable bonds is 5. The van der Waals surface area contributed by atoms with E-state index in [2.05, 4.69) is 56.5 Å². The van der Waals surface area contributed by atoms with E-state index >= 15 is 0 Å². The molecular formula is C18H26N6O. The molecule has 3 rings (SSSR count). The van der Waals surface area contributed by atoms with Gasteiger partial charge in [0.25, 0.3) is 0 Å². The number of guanidine groups is 1. The van der Waals surface area contributed by atoms with E-state index in [1.54, 1.807) is 7.11 Å². The van der Waals surface area contributed by atoms with E-state index in [-0.39, 0.29) is 0 Å². The summed E-state index contributed by atoms with van der Waals surface area (Å²) in [5.74, 6) is 1.29. The molecule has 1 aliphatic heterocycles. The third-order valence-corrected chi connectivity index (χ3v) is 4.28. The van der Waals surface area contributed by atoms with Crippen LogP contribution in [-0.2, 0) is 4.74 Å². The average Bonchev–Trinajstić information content (AvgIpc) is 2.58. The molecule has 134 valence electrons. The number of hydrogen-bond acceptors (Lipinski definition) is 7. The van der Waals surface area contributed by atoms with Gasteiger partial charge in [-0.05, 0) is 38.8 Å². The van der Waals surface area contributed by atoms with Crippen LogP contribution in [0.5, 0.6) is 0 Å². The Labute approximate surface area is 148 Å². The van der Waals surface area contributed by atoms with E-state index in [0.29, 0.717) is 18.6 Å². The van der Waals surface area contributed by atoms with Crippen LogP contribution in [0, 0.1) is 20.8 Å². The van der Waals surface area contributed by atoms with Crippen molar-refractivity contribution in [2.75, 3.05) is 38.9 Å². The Kier molecular flexibility index (Phi) is 5.45. The fourth-order valence-electron chi connectivity index (χ4n) is 3.03. The predicted molar refractivity (Wildman–Crippen MR) is 101 cm³/mol. The standard InChI is InChI=1S/C18H26N6O/c1-12-8-13(2)16-15(9-12)14(3)21-18(22-16)23-17-19-10-24(11-20-17)6-5-7-25-4/h8-9H,5-7,10-11H2,1-4H3,(H2,19,20,21,22,23). The highest BCUT2D eigenvalue weighted by atomic mass is 16.5. The molecule has 0 spiro atoms. The van der Waals surface area contributed by atoms with Crippen molar-refractivity contribution in [3.63, 3.8) is 0 Å². The minimum absolute atomic E-state index is 0.580. The number of ether oxygens (including phenoxy) is 1. The van der Waals surface area contributed by atoms with Gasteiger partial charge in [0.2, 0.25) is 11.9 Å². The lowest BCUT2D eigenvalue weighted by molar-refractivity contribution is 0.170. The number of hydrogen-bond donors (Lipinski definition) is 2. The molecule has 0 saturated heterocycles. The minimum atomic E-state index is 0.580. The number of anilines is 1. The van der Waals surface area contributed by atoms with Crippen LogP contribution in [0.1, 0.15) is 23.2 Å². The summed E-state index contributed by atoms with van der Waals surface area (Å²) < 4.78 is 5.08. The van der Waals surface area contributed by atoms with Gasteiger partial charge in [-0.2, -0.15) is 0 Å². The van der Waals surface area contributed by atoms with Gasteiger partial charge in [0.15, 0.2) is 0 Å². The van der Waals surface area contributed by atoms with E-state index in [1.165, 1.54) is 5.56 Å². The Morgan fingerprint density at radius 2 is 2.08 bits per heavy atom. The molecule has 0 atom stereocenters. The molecule has 1 aliphatic rings. The highest BCUT2D eigenvalue weighted by Gasteiger charge is 2.14. The number of aryl methyl sites for hydroxylation is 3. The Bertz CT molecular complexity index is 789. The van der Waals surface area contributed by atoms with Crippen LogP contribution >= 0.6 is 0 Å². The Morgan fingerprint density at radius 1 is 1.24 bits per heavy atom. The zero-order valence-electron chi connectivity index (χ0n) is 15.4. The highest BCUT2D eigenvalue weighted by Crippen LogP contribution is 2.22. The van der Waals surface area contributed by atoms with Gasteiger partial charge in [0.1, 0.15) is 0 Å². The molecule has 0 amide bonds. The van der Waals surface area contributed by atoms with Crippen molar-refractivity contribution in [1.82, 2.24) is 20.2 Å². The molecule has 25 heavy (non-hydrogen) atoms. The van der Waals surface area contributed by atoms with Crippen molar-refractivity contribution in [2.45, 2.75) is 27.2 Å². The number of benzene rings is 1. The van der Waals surface area contributed by atoms with Crippen molar-refractivity contribution in [1.29, 1.82) is 0 Å². The topological polar surface area (TPSA) is 74.7 Å². The van der Waals surface area contributed by atoms with Gasteiger partial charge in [-0.15, -0.1) is 0 Å². The summed E-state index contributed by atoms with van der Waals surface area (Å²) in [6.45, 7) is 9.33. The zero-order valence-corrected chi connectivity index (χ0v) is 15.4. The maximum absolute atomic E-state index is 5.08. The molecule has 0 fully saturated rings.